The maximum atomic E-state index is 11.2. The van der Waals surface area contributed by atoms with Gasteiger partial charge in [0.1, 0.15) is 12.2 Å². The fourth-order valence-electron chi connectivity index (χ4n) is 2.11. The molecule has 0 aliphatic rings. The molecule has 0 aromatic carbocycles. The predicted octanol–water partition coefficient (Wildman–Crippen LogP) is 1.28. The van der Waals surface area contributed by atoms with Crippen molar-refractivity contribution >= 4 is 24.2 Å². The first kappa shape index (κ1) is 30.3. The monoisotopic (exact) mass is 407 g/mol. The van der Waals surface area contributed by atoms with Crippen LogP contribution in [0.5, 0.6) is 0 Å². The summed E-state index contributed by atoms with van der Waals surface area (Å²) in [5, 5.41) is 23.9. The summed E-state index contributed by atoms with van der Waals surface area (Å²) in [6, 6.07) is -0.477. The molecule has 0 rings (SSSR count). The first-order chi connectivity index (χ1) is 12.3. The number of carbonyl (C=O) groups excluding carboxylic acids is 2. The minimum Gasteiger partial charge on any atom is -0.383 e. The molecule has 0 aromatic heterocycles. The normalized spacial score (nSPS) is 14.1. The molecule has 0 aromatic rings. The summed E-state index contributed by atoms with van der Waals surface area (Å²) in [4.78, 5) is 22.3. The van der Waals surface area contributed by atoms with E-state index in [-0.39, 0.29) is 24.2 Å². The molecule has 0 saturated carbocycles. The number of halogens is 1. The van der Waals surface area contributed by atoms with E-state index in [2.05, 4.69) is 23.8 Å². The zero-order valence-electron chi connectivity index (χ0n) is 16.8. The number of hydrogen-bond donors (Lipinski definition) is 5. The van der Waals surface area contributed by atoms with Crippen LogP contribution < -0.4 is 16.4 Å². The minimum absolute atomic E-state index is 0. The van der Waals surface area contributed by atoms with Crippen molar-refractivity contribution in [1.29, 1.82) is 0 Å². The highest BCUT2D eigenvalue weighted by Crippen LogP contribution is 2.10. The van der Waals surface area contributed by atoms with Crippen LogP contribution in [0.4, 0.5) is 0 Å². The van der Waals surface area contributed by atoms with Crippen molar-refractivity contribution in [3.63, 3.8) is 0 Å². The van der Waals surface area contributed by atoms with Gasteiger partial charge in [-0.25, -0.2) is 0 Å². The zero-order chi connectivity index (χ0) is 20.5. The van der Waals surface area contributed by atoms with Gasteiger partial charge in [0.2, 0.25) is 5.91 Å². The topological polar surface area (TPSA) is 125 Å². The molecule has 160 valence electrons. The van der Waals surface area contributed by atoms with Gasteiger partial charge in [0.05, 0.1) is 0 Å². The van der Waals surface area contributed by atoms with E-state index in [1.807, 2.05) is 20.8 Å². The number of rotatable bonds is 12. The summed E-state index contributed by atoms with van der Waals surface area (Å²) < 4.78 is 0. The second-order valence-electron chi connectivity index (χ2n) is 6.18. The maximum absolute atomic E-state index is 11.2. The van der Waals surface area contributed by atoms with Gasteiger partial charge < -0.3 is 26.6 Å². The summed E-state index contributed by atoms with van der Waals surface area (Å²) in [6.45, 7) is 13.6. The van der Waals surface area contributed by atoms with Crippen molar-refractivity contribution in [2.75, 3.05) is 13.1 Å². The fraction of sp³-hybridized carbons (Fsp3) is 0.684. The number of nitrogens with two attached hydrogens (primary N) is 1. The van der Waals surface area contributed by atoms with Crippen LogP contribution in [0.15, 0.2) is 25.3 Å². The smallest absolute Gasteiger partial charge is 0.250 e. The van der Waals surface area contributed by atoms with Gasteiger partial charge >= 0.3 is 0 Å². The van der Waals surface area contributed by atoms with Crippen molar-refractivity contribution in [1.82, 2.24) is 10.6 Å². The van der Waals surface area contributed by atoms with Crippen LogP contribution in [0.25, 0.3) is 0 Å². The Hall–Kier alpha value is -1.41. The number of aliphatic hydroxyl groups is 2. The molecule has 8 heteroatoms. The average Bonchev–Trinajstić information content (AvgIpc) is 2.63. The van der Waals surface area contributed by atoms with Gasteiger partial charge in [-0.3, -0.25) is 9.59 Å². The number of hydrogen-bond acceptors (Lipinski definition) is 5. The van der Waals surface area contributed by atoms with Gasteiger partial charge in [0.15, 0.2) is 0 Å². The van der Waals surface area contributed by atoms with Gasteiger partial charge in [-0.05, 0) is 18.8 Å². The molecule has 0 aliphatic carbocycles. The van der Waals surface area contributed by atoms with Crippen LogP contribution in [0.3, 0.4) is 0 Å². The molecule has 0 heterocycles. The molecular formula is C19H38ClN3O4. The lowest BCUT2D eigenvalue weighted by Gasteiger charge is -2.16. The Labute approximate surface area is 169 Å². The van der Waals surface area contributed by atoms with Gasteiger partial charge in [0.25, 0.3) is 5.91 Å². The zero-order valence-corrected chi connectivity index (χ0v) is 17.6. The molecule has 0 spiro atoms. The minimum atomic E-state index is -1.11. The number of nitrogens with one attached hydrogen (secondary N) is 2. The Balaban J connectivity index is -0.000000411. The van der Waals surface area contributed by atoms with E-state index in [0.29, 0.717) is 19.5 Å². The van der Waals surface area contributed by atoms with Crippen LogP contribution in [-0.2, 0) is 9.59 Å². The van der Waals surface area contributed by atoms with E-state index in [1.165, 1.54) is 0 Å². The third-order valence-corrected chi connectivity index (χ3v) is 3.69. The first-order valence-corrected chi connectivity index (χ1v) is 9.15. The Bertz CT molecular complexity index is 384. The van der Waals surface area contributed by atoms with Crippen LogP contribution in [-0.4, -0.2) is 53.4 Å². The average molecular weight is 408 g/mol. The van der Waals surface area contributed by atoms with Gasteiger partial charge in [-0.2, -0.15) is 0 Å². The SMILES string of the molecule is C=CCNC(=O)C(O)C(C)CCC.C=CCNC(=O)C(O)C(N)CCC.Cl. The van der Waals surface area contributed by atoms with E-state index < -0.39 is 24.2 Å². The Kier molecular flexibility index (Phi) is 21.7. The molecule has 0 radical (unpaired) electrons. The summed E-state index contributed by atoms with van der Waals surface area (Å²) in [5.41, 5.74) is 5.56. The molecule has 0 aliphatic heterocycles. The third kappa shape index (κ3) is 15.4. The highest BCUT2D eigenvalue weighted by Gasteiger charge is 2.21. The Morgan fingerprint density at radius 3 is 1.74 bits per heavy atom. The summed E-state index contributed by atoms with van der Waals surface area (Å²) in [7, 11) is 0. The standard InChI is InChI=1S/C10H19NO2.C9H18N2O2.ClH/c1-4-6-8(3)9(12)10(13)11-7-5-2;1-3-5-7(10)8(12)9(13)11-6-4-2;/h5,8-9,12H,2,4,6-7H2,1,3H3,(H,11,13);4,7-8,12H,2-3,5-6,10H2,1H3,(H,11,13);1H. The fourth-order valence-corrected chi connectivity index (χ4v) is 2.11. The summed E-state index contributed by atoms with van der Waals surface area (Å²) in [5.74, 6) is -0.712. The van der Waals surface area contributed by atoms with Crippen molar-refractivity contribution in [3.05, 3.63) is 25.3 Å². The van der Waals surface area contributed by atoms with E-state index in [4.69, 9.17) is 5.73 Å². The number of amides is 2. The van der Waals surface area contributed by atoms with Crippen LogP contribution >= 0.6 is 12.4 Å². The van der Waals surface area contributed by atoms with Crippen molar-refractivity contribution in [3.8, 4) is 0 Å². The molecule has 6 N–H and O–H groups in total. The van der Waals surface area contributed by atoms with Crippen LogP contribution in [0.1, 0.15) is 46.5 Å². The summed E-state index contributed by atoms with van der Waals surface area (Å²) in [6.07, 6.45) is 4.48. The largest absolute Gasteiger partial charge is 0.383 e. The first-order valence-electron chi connectivity index (χ1n) is 9.15. The molecule has 4 unspecified atom stereocenters. The second-order valence-corrected chi connectivity index (χ2v) is 6.18. The van der Waals surface area contributed by atoms with Crippen molar-refractivity contribution in [2.45, 2.75) is 64.7 Å². The lowest BCUT2D eigenvalue weighted by atomic mass is 9.99. The second kappa shape index (κ2) is 19.4. The highest BCUT2D eigenvalue weighted by atomic mass is 35.5. The molecule has 0 fully saturated rings. The van der Waals surface area contributed by atoms with Crippen molar-refractivity contribution in [2.24, 2.45) is 11.7 Å². The van der Waals surface area contributed by atoms with E-state index in [0.717, 1.165) is 19.3 Å². The highest BCUT2D eigenvalue weighted by molar-refractivity contribution is 5.85. The number of aliphatic hydroxyl groups excluding tert-OH is 2. The molecule has 0 saturated heterocycles. The van der Waals surface area contributed by atoms with E-state index in [9.17, 15) is 19.8 Å². The predicted molar refractivity (Wildman–Crippen MR) is 113 cm³/mol. The van der Waals surface area contributed by atoms with Crippen molar-refractivity contribution < 1.29 is 19.8 Å². The molecule has 2 amide bonds. The lowest BCUT2D eigenvalue weighted by Crippen LogP contribution is -2.46. The van der Waals surface area contributed by atoms with Gasteiger partial charge in [-0.15, -0.1) is 25.6 Å². The van der Waals surface area contributed by atoms with Crippen LogP contribution in [0, 0.1) is 5.92 Å². The molecule has 7 nitrogen and oxygen atoms in total. The molecule has 4 atom stereocenters. The van der Waals surface area contributed by atoms with Crippen LogP contribution in [0.2, 0.25) is 0 Å². The molecule has 27 heavy (non-hydrogen) atoms. The van der Waals surface area contributed by atoms with Gasteiger partial charge in [0, 0.05) is 19.1 Å². The van der Waals surface area contributed by atoms with Gasteiger partial charge in [-0.1, -0.05) is 45.8 Å². The third-order valence-electron chi connectivity index (χ3n) is 3.69. The Morgan fingerprint density at radius 1 is 0.963 bits per heavy atom. The molecule has 0 bridgehead atoms. The lowest BCUT2D eigenvalue weighted by molar-refractivity contribution is -0.131. The Morgan fingerprint density at radius 2 is 1.37 bits per heavy atom. The van der Waals surface area contributed by atoms with E-state index in [1.54, 1.807) is 12.2 Å². The maximum Gasteiger partial charge on any atom is 0.250 e. The van der Waals surface area contributed by atoms with E-state index >= 15 is 0 Å². The molecular weight excluding hydrogens is 370 g/mol. The number of carbonyl (C=O) groups is 2. The quantitative estimate of drug-likeness (QED) is 0.312. The summed E-state index contributed by atoms with van der Waals surface area (Å²) >= 11 is 0.